The number of methoxy groups -OCH3 is 1. The predicted molar refractivity (Wildman–Crippen MR) is 58.1 cm³/mol. The molecule has 6 heteroatoms. The number of halogens is 2. The Morgan fingerprint density at radius 1 is 1.44 bits per heavy atom. The Balaban J connectivity index is 2.66. The van der Waals surface area contributed by atoms with E-state index in [2.05, 4.69) is 10.1 Å². The lowest BCUT2D eigenvalue weighted by molar-refractivity contribution is -0.139. The van der Waals surface area contributed by atoms with E-state index in [0.29, 0.717) is 5.56 Å². The van der Waals surface area contributed by atoms with Gasteiger partial charge in [0.25, 0.3) is 0 Å². The molecule has 1 N–H and O–H groups in total. The van der Waals surface area contributed by atoms with Crippen molar-refractivity contribution < 1.29 is 18.3 Å². The van der Waals surface area contributed by atoms with Gasteiger partial charge in [-0.25, -0.2) is 8.78 Å². The van der Waals surface area contributed by atoms with Crippen LogP contribution in [0.1, 0.15) is 5.56 Å². The molecule has 0 aliphatic rings. The van der Waals surface area contributed by atoms with Crippen molar-refractivity contribution in [1.29, 1.82) is 0 Å². The molecule has 1 rings (SSSR count). The first-order chi connectivity index (χ1) is 7.54. The van der Waals surface area contributed by atoms with Crippen LogP contribution < -0.4 is 5.32 Å². The van der Waals surface area contributed by atoms with E-state index in [1.165, 1.54) is 13.2 Å². The van der Waals surface area contributed by atoms with Gasteiger partial charge in [0.15, 0.2) is 11.6 Å². The minimum Gasteiger partial charge on any atom is -0.468 e. The Morgan fingerprint density at radius 3 is 2.69 bits per heavy atom. The number of thiocarbonyl (C=S) groups is 1. The molecule has 0 radical (unpaired) electrons. The number of esters is 1. The standard InChI is InChI=1S/C10H9F2NO2S/c1-15-9(14)5-13-10(16)6-2-3-7(11)8(12)4-6/h2-4H,5H2,1H3,(H,13,16). The Labute approximate surface area is 96.4 Å². The first-order valence-electron chi connectivity index (χ1n) is 4.34. The second-order valence-corrected chi connectivity index (χ2v) is 3.30. The molecule has 0 fully saturated rings. The van der Waals surface area contributed by atoms with Gasteiger partial charge in [-0.15, -0.1) is 0 Å². The van der Waals surface area contributed by atoms with Gasteiger partial charge in [-0.05, 0) is 18.2 Å². The number of carbonyl (C=O) groups excluding carboxylic acids is 1. The number of hydrogen-bond acceptors (Lipinski definition) is 3. The number of benzene rings is 1. The van der Waals surface area contributed by atoms with E-state index in [-0.39, 0.29) is 11.5 Å². The summed E-state index contributed by atoms with van der Waals surface area (Å²) in [5, 5.41) is 2.56. The van der Waals surface area contributed by atoms with E-state index in [1.54, 1.807) is 0 Å². The zero-order valence-electron chi connectivity index (χ0n) is 8.42. The highest BCUT2D eigenvalue weighted by atomic mass is 32.1. The fourth-order valence-corrected chi connectivity index (χ4v) is 1.16. The smallest absolute Gasteiger partial charge is 0.325 e. The monoisotopic (exact) mass is 245 g/mol. The Kier molecular flexibility index (Phi) is 4.30. The first-order valence-corrected chi connectivity index (χ1v) is 4.75. The molecule has 1 aromatic carbocycles. The van der Waals surface area contributed by atoms with E-state index in [4.69, 9.17) is 12.2 Å². The SMILES string of the molecule is COC(=O)CNC(=S)c1ccc(F)c(F)c1. The Bertz CT molecular complexity index is 423. The lowest BCUT2D eigenvalue weighted by atomic mass is 10.2. The maximum atomic E-state index is 12.9. The van der Waals surface area contributed by atoms with Gasteiger partial charge < -0.3 is 10.1 Å². The summed E-state index contributed by atoms with van der Waals surface area (Å²) in [6, 6.07) is 3.25. The number of ether oxygens (including phenoxy) is 1. The van der Waals surface area contributed by atoms with E-state index in [0.717, 1.165) is 12.1 Å². The summed E-state index contributed by atoms with van der Waals surface area (Å²) in [6.45, 7) is -0.117. The van der Waals surface area contributed by atoms with Gasteiger partial charge in [0.05, 0.1) is 7.11 Å². The van der Waals surface area contributed by atoms with Crippen LogP contribution in [0.5, 0.6) is 0 Å². The molecule has 0 saturated heterocycles. The lowest BCUT2D eigenvalue weighted by Gasteiger charge is -2.06. The summed E-state index contributed by atoms with van der Waals surface area (Å²) in [5.41, 5.74) is 0.304. The van der Waals surface area contributed by atoms with Gasteiger partial charge in [-0.1, -0.05) is 12.2 Å². The van der Waals surface area contributed by atoms with Crippen LogP contribution >= 0.6 is 12.2 Å². The van der Waals surface area contributed by atoms with Crippen LogP contribution in [-0.2, 0) is 9.53 Å². The van der Waals surface area contributed by atoms with Crippen molar-refractivity contribution in [2.45, 2.75) is 0 Å². The second kappa shape index (κ2) is 5.50. The van der Waals surface area contributed by atoms with Crippen molar-refractivity contribution in [3.8, 4) is 0 Å². The third-order valence-electron chi connectivity index (χ3n) is 1.80. The topological polar surface area (TPSA) is 38.3 Å². The molecule has 0 amide bonds. The van der Waals surface area contributed by atoms with Crippen LogP contribution in [0.2, 0.25) is 0 Å². The molecular weight excluding hydrogens is 236 g/mol. The molecule has 1 aromatic rings. The largest absolute Gasteiger partial charge is 0.468 e. The van der Waals surface area contributed by atoms with Gasteiger partial charge in [-0.2, -0.15) is 0 Å². The quantitative estimate of drug-likeness (QED) is 0.645. The van der Waals surface area contributed by atoms with Crippen LogP contribution in [0.25, 0.3) is 0 Å². The molecule has 16 heavy (non-hydrogen) atoms. The van der Waals surface area contributed by atoms with Crippen LogP contribution in [0.15, 0.2) is 18.2 Å². The zero-order valence-corrected chi connectivity index (χ0v) is 9.24. The van der Waals surface area contributed by atoms with E-state index in [1.807, 2.05) is 0 Å². The van der Waals surface area contributed by atoms with Crippen molar-refractivity contribution in [2.24, 2.45) is 0 Å². The number of rotatable bonds is 3. The molecule has 3 nitrogen and oxygen atoms in total. The highest BCUT2D eigenvalue weighted by Crippen LogP contribution is 2.08. The van der Waals surface area contributed by atoms with Crippen LogP contribution in [0, 0.1) is 11.6 Å². The predicted octanol–water partition coefficient (Wildman–Crippen LogP) is 1.40. The highest BCUT2D eigenvalue weighted by Gasteiger charge is 2.07. The normalized spacial score (nSPS) is 9.69. The maximum Gasteiger partial charge on any atom is 0.325 e. The Hall–Kier alpha value is -1.56. The number of carbonyl (C=O) groups is 1. The fraction of sp³-hybridized carbons (Fsp3) is 0.200. The third kappa shape index (κ3) is 3.23. The van der Waals surface area contributed by atoms with Crippen molar-refractivity contribution in [1.82, 2.24) is 5.32 Å². The van der Waals surface area contributed by atoms with E-state index in [9.17, 15) is 13.6 Å². The van der Waals surface area contributed by atoms with Gasteiger partial charge in [0.2, 0.25) is 0 Å². The van der Waals surface area contributed by atoms with Gasteiger partial charge >= 0.3 is 5.97 Å². The summed E-state index contributed by atoms with van der Waals surface area (Å²) >= 11 is 4.88. The minimum absolute atomic E-state index is 0.117. The minimum atomic E-state index is -0.986. The molecule has 0 atom stereocenters. The van der Waals surface area contributed by atoms with Crippen molar-refractivity contribution in [3.63, 3.8) is 0 Å². The lowest BCUT2D eigenvalue weighted by Crippen LogP contribution is -2.29. The maximum absolute atomic E-state index is 12.9. The summed E-state index contributed by atoms with van der Waals surface area (Å²) < 4.78 is 29.9. The van der Waals surface area contributed by atoms with Crippen LogP contribution in [-0.4, -0.2) is 24.6 Å². The molecule has 0 heterocycles. The van der Waals surface area contributed by atoms with Crippen LogP contribution in [0.4, 0.5) is 8.78 Å². The van der Waals surface area contributed by atoms with Crippen molar-refractivity contribution >= 4 is 23.2 Å². The van der Waals surface area contributed by atoms with Crippen molar-refractivity contribution in [2.75, 3.05) is 13.7 Å². The molecular formula is C10H9F2NO2S. The molecule has 0 saturated carbocycles. The van der Waals surface area contributed by atoms with E-state index >= 15 is 0 Å². The molecule has 0 aliphatic heterocycles. The second-order valence-electron chi connectivity index (χ2n) is 2.89. The summed E-state index contributed by atoms with van der Waals surface area (Å²) in [6.07, 6.45) is 0. The third-order valence-corrected chi connectivity index (χ3v) is 2.18. The van der Waals surface area contributed by atoms with Gasteiger partial charge in [-0.3, -0.25) is 4.79 Å². The molecule has 0 spiro atoms. The molecule has 0 aromatic heterocycles. The Morgan fingerprint density at radius 2 is 2.12 bits per heavy atom. The average molecular weight is 245 g/mol. The van der Waals surface area contributed by atoms with Crippen LogP contribution in [0.3, 0.4) is 0 Å². The molecule has 0 unspecified atom stereocenters. The highest BCUT2D eigenvalue weighted by molar-refractivity contribution is 7.80. The first kappa shape index (κ1) is 12.5. The van der Waals surface area contributed by atoms with Gasteiger partial charge in [0.1, 0.15) is 11.5 Å². The number of hydrogen-bond donors (Lipinski definition) is 1. The number of nitrogens with one attached hydrogen (secondary N) is 1. The summed E-state index contributed by atoms with van der Waals surface area (Å²) in [5.74, 6) is -2.43. The average Bonchev–Trinajstić information content (AvgIpc) is 2.29. The molecule has 86 valence electrons. The fourth-order valence-electron chi connectivity index (χ4n) is 0.964. The van der Waals surface area contributed by atoms with Gasteiger partial charge in [0, 0.05) is 5.56 Å². The van der Waals surface area contributed by atoms with E-state index < -0.39 is 17.6 Å². The zero-order chi connectivity index (χ0) is 12.1. The van der Waals surface area contributed by atoms with Crippen molar-refractivity contribution in [3.05, 3.63) is 35.4 Å². The summed E-state index contributed by atoms with van der Waals surface area (Å²) in [4.78, 5) is 10.9. The summed E-state index contributed by atoms with van der Waals surface area (Å²) in [7, 11) is 1.24. The molecule has 0 aliphatic carbocycles. The molecule has 0 bridgehead atoms.